The molecule has 0 aromatic carbocycles. The molecule has 2 aliphatic rings. The standard InChI is InChI=1S/C15H20N4O4/c20-12-16-3-5-18(6-4-16)15(22)19-9-7-17(8-10-19)14(21)13-2-1-11-23-13/h1-2,11-12H,3-10H2. The van der Waals surface area contributed by atoms with Crippen LogP contribution in [0.3, 0.4) is 0 Å². The van der Waals surface area contributed by atoms with Crippen molar-refractivity contribution in [2.75, 3.05) is 52.4 Å². The number of rotatable bonds is 2. The number of furan rings is 1. The molecule has 0 radical (unpaired) electrons. The lowest BCUT2D eigenvalue weighted by Crippen LogP contribution is -2.57. The van der Waals surface area contributed by atoms with Gasteiger partial charge in [0, 0.05) is 52.4 Å². The first kappa shape index (κ1) is 15.4. The molecule has 0 saturated carbocycles. The van der Waals surface area contributed by atoms with Crippen LogP contribution in [0.2, 0.25) is 0 Å². The van der Waals surface area contributed by atoms with Crippen LogP contribution in [0.25, 0.3) is 0 Å². The van der Waals surface area contributed by atoms with Gasteiger partial charge in [-0.3, -0.25) is 9.59 Å². The fraction of sp³-hybridized carbons (Fsp3) is 0.533. The predicted molar refractivity (Wildman–Crippen MR) is 80.8 cm³/mol. The normalized spacial score (nSPS) is 19.0. The van der Waals surface area contributed by atoms with Gasteiger partial charge in [0.15, 0.2) is 5.76 Å². The molecule has 1 aromatic heterocycles. The molecule has 2 aliphatic heterocycles. The van der Waals surface area contributed by atoms with Gasteiger partial charge in [-0.25, -0.2) is 4.79 Å². The zero-order valence-corrected chi connectivity index (χ0v) is 12.9. The molecule has 3 heterocycles. The van der Waals surface area contributed by atoms with Gasteiger partial charge in [-0.1, -0.05) is 0 Å². The van der Waals surface area contributed by atoms with Crippen LogP contribution in [-0.4, -0.2) is 90.3 Å². The lowest BCUT2D eigenvalue weighted by Gasteiger charge is -2.39. The quantitative estimate of drug-likeness (QED) is 0.715. The van der Waals surface area contributed by atoms with Crippen LogP contribution < -0.4 is 0 Å². The summed E-state index contributed by atoms with van der Waals surface area (Å²) in [6.45, 7) is 4.29. The third-order valence-corrected chi connectivity index (χ3v) is 4.30. The molecule has 2 fully saturated rings. The average Bonchev–Trinajstić information content (AvgIpc) is 3.15. The van der Waals surface area contributed by atoms with E-state index in [2.05, 4.69) is 0 Å². The number of carbonyl (C=O) groups excluding carboxylic acids is 3. The van der Waals surface area contributed by atoms with Crippen molar-refractivity contribution in [3.05, 3.63) is 24.2 Å². The first-order valence-corrected chi connectivity index (χ1v) is 7.75. The molecule has 1 aromatic rings. The number of nitrogens with zero attached hydrogens (tertiary/aromatic N) is 4. The second-order valence-electron chi connectivity index (χ2n) is 5.67. The van der Waals surface area contributed by atoms with Crippen molar-refractivity contribution in [2.24, 2.45) is 0 Å². The molecular formula is C15H20N4O4. The molecular weight excluding hydrogens is 300 g/mol. The lowest BCUT2D eigenvalue weighted by atomic mass is 10.3. The van der Waals surface area contributed by atoms with Crippen LogP contribution in [0.4, 0.5) is 4.79 Å². The highest BCUT2D eigenvalue weighted by atomic mass is 16.3. The monoisotopic (exact) mass is 320 g/mol. The molecule has 8 nitrogen and oxygen atoms in total. The number of piperazine rings is 2. The van der Waals surface area contributed by atoms with Crippen LogP contribution in [0, 0.1) is 0 Å². The summed E-state index contributed by atoms with van der Waals surface area (Å²) in [5.41, 5.74) is 0. The van der Waals surface area contributed by atoms with Crippen molar-refractivity contribution in [2.45, 2.75) is 0 Å². The van der Waals surface area contributed by atoms with Crippen LogP contribution >= 0.6 is 0 Å². The lowest BCUT2D eigenvalue weighted by molar-refractivity contribution is -0.119. The maximum Gasteiger partial charge on any atom is 0.320 e. The van der Waals surface area contributed by atoms with Crippen molar-refractivity contribution in [1.82, 2.24) is 19.6 Å². The van der Waals surface area contributed by atoms with Gasteiger partial charge >= 0.3 is 6.03 Å². The van der Waals surface area contributed by atoms with Crippen LogP contribution in [0.1, 0.15) is 10.6 Å². The predicted octanol–water partition coefficient (Wildman–Crippen LogP) is -0.0686. The summed E-state index contributed by atoms with van der Waals surface area (Å²) in [6.07, 6.45) is 2.30. The molecule has 4 amide bonds. The molecule has 0 aliphatic carbocycles. The molecule has 0 spiro atoms. The number of amides is 4. The molecule has 0 atom stereocenters. The van der Waals surface area contributed by atoms with Gasteiger partial charge in [-0.15, -0.1) is 0 Å². The van der Waals surface area contributed by atoms with E-state index in [4.69, 9.17) is 4.42 Å². The smallest absolute Gasteiger partial charge is 0.320 e. The molecule has 0 bridgehead atoms. The number of hydrogen-bond acceptors (Lipinski definition) is 4. The Morgan fingerprint density at radius 1 is 0.913 bits per heavy atom. The minimum absolute atomic E-state index is 0.0133. The van der Waals surface area contributed by atoms with E-state index in [-0.39, 0.29) is 11.9 Å². The van der Waals surface area contributed by atoms with Crippen molar-refractivity contribution in [1.29, 1.82) is 0 Å². The van der Waals surface area contributed by atoms with Crippen molar-refractivity contribution < 1.29 is 18.8 Å². The van der Waals surface area contributed by atoms with Crippen LogP contribution in [-0.2, 0) is 4.79 Å². The number of carbonyl (C=O) groups is 3. The minimum atomic E-state index is -0.137. The highest BCUT2D eigenvalue weighted by molar-refractivity contribution is 5.91. The largest absolute Gasteiger partial charge is 0.459 e. The van der Waals surface area contributed by atoms with Gasteiger partial charge in [-0.05, 0) is 12.1 Å². The topological polar surface area (TPSA) is 77.3 Å². The third kappa shape index (κ3) is 3.30. The SMILES string of the molecule is O=CN1CCN(C(=O)N2CCN(C(=O)c3ccco3)CC2)CC1. The molecule has 3 rings (SSSR count). The second-order valence-corrected chi connectivity index (χ2v) is 5.67. The summed E-state index contributed by atoms with van der Waals surface area (Å²) in [7, 11) is 0. The first-order chi connectivity index (χ1) is 11.2. The summed E-state index contributed by atoms with van der Waals surface area (Å²) >= 11 is 0. The fourth-order valence-corrected chi connectivity index (χ4v) is 2.88. The van der Waals surface area contributed by atoms with Gasteiger partial charge in [-0.2, -0.15) is 0 Å². The molecule has 124 valence electrons. The van der Waals surface area contributed by atoms with Crippen molar-refractivity contribution in [3.63, 3.8) is 0 Å². The highest BCUT2D eigenvalue weighted by Gasteiger charge is 2.29. The Bertz CT molecular complexity index is 558. The zero-order valence-electron chi connectivity index (χ0n) is 12.9. The summed E-state index contributed by atoms with van der Waals surface area (Å²) < 4.78 is 5.13. The molecule has 2 saturated heterocycles. The maximum absolute atomic E-state index is 12.5. The van der Waals surface area contributed by atoms with E-state index in [1.54, 1.807) is 31.7 Å². The Kier molecular flexibility index (Phi) is 4.50. The average molecular weight is 320 g/mol. The highest BCUT2D eigenvalue weighted by Crippen LogP contribution is 2.12. The van der Waals surface area contributed by atoms with Gasteiger partial charge in [0.05, 0.1) is 6.26 Å². The minimum Gasteiger partial charge on any atom is -0.459 e. The molecule has 0 N–H and O–H groups in total. The van der Waals surface area contributed by atoms with Crippen LogP contribution in [0.15, 0.2) is 22.8 Å². The number of urea groups is 1. The van der Waals surface area contributed by atoms with E-state index in [0.717, 1.165) is 6.41 Å². The first-order valence-electron chi connectivity index (χ1n) is 7.75. The zero-order chi connectivity index (χ0) is 16.2. The van der Waals surface area contributed by atoms with Gasteiger partial charge in [0.2, 0.25) is 6.41 Å². The number of hydrogen-bond donors (Lipinski definition) is 0. The summed E-state index contributed by atoms with van der Waals surface area (Å²) in [4.78, 5) is 42.3. The Morgan fingerprint density at radius 2 is 1.48 bits per heavy atom. The Balaban J connectivity index is 1.50. The maximum atomic E-state index is 12.5. The van der Waals surface area contributed by atoms with Crippen molar-refractivity contribution in [3.8, 4) is 0 Å². The van der Waals surface area contributed by atoms with E-state index < -0.39 is 0 Å². The van der Waals surface area contributed by atoms with E-state index in [0.29, 0.717) is 58.1 Å². The Labute approximate surface area is 134 Å². The summed E-state index contributed by atoms with van der Waals surface area (Å²) in [5.74, 6) is 0.191. The van der Waals surface area contributed by atoms with E-state index in [9.17, 15) is 14.4 Å². The fourth-order valence-electron chi connectivity index (χ4n) is 2.88. The Hall–Kier alpha value is -2.51. The Morgan fingerprint density at radius 3 is 2.00 bits per heavy atom. The summed E-state index contributed by atoms with van der Waals surface area (Å²) in [6, 6.07) is 3.32. The molecule has 23 heavy (non-hydrogen) atoms. The molecule has 8 heteroatoms. The second kappa shape index (κ2) is 6.72. The van der Waals surface area contributed by atoms with E-state index in [1.165, 1.54) is 6.26 Å². The summed E-state index contributed by atoms with van der Waals surface area (Å²) in [5, 5.41) is 0. The van der Waals surface area contributed by atoms with Gasteiger partial charge < -0.3 is 24.0 Å². The third-order valence-electron chi connectivity index (χ3n) is 4.30. The van der Waals surface area contributed by atoms with Gasteiger partial charge in [0.1, 0.15) is 0 Å². The van der Waals surface area contributed by atoms with Gasteiger partial charge in [0.25, 0.3) is 5.91 Å². The van der Waals surface area contributed by atoms with Crippen LogP contribution in [0.5, 0.6) is 0 Å². The van der Waals surface area contributed by atoms with Crippen molar-refractivity contribution >= 4 is 18.3 Å². The van der Waals surface area contributed by atoms with E-state index >= 15 is 0 Å². The van der Waals surface area contributed by atoms with E-state index in [1.807, 2.05) is 0 Å². The molecule has 0 unspecified atom stereocenters.